The van der Waals surface area contributed by atoms with Gasteiger partial charge in [0.15, 0.2) is 21.5 Å². The number of carbonyl (C=O) groups excluding carboxylic acids is 1. The predicted octanol–water partition coefficient (Wildman–Crippen LogP) is 4.50. The molecule has 166 valence electrons. The van der Waals surface area contributed by atoms with Gasteiger partial charge in [-0.05, 0) is 74.8 Å². The van der Waals surface area contributed by atoms with Crippen LogP contribution < -0.4 is 5.32 Å². The lowest BCUT2D eigenvalue weighted by molar-refractivity contribution is -0.162. The highest BCUT2D eigenvalue weighted by molar-refractivity contribution is 7.92. The Morgan fingerprint density at radius 3 is 2.35 bits per heavy atom. The molecule has 3 aliphatic rings. The van der Waals surface area contributed by atoms with Crippen molar-refractivity contribution in [3.05, 3.63) is 58.1 Å². The van der Waals surface area contributed by atoms with Gasteiger partial charge in [-0.3, -0.25) is 4.79 Å². The van der Waals surface area contributed by atoms with Gasteiger partial charge >= 0.3 is 0 Å². The summed E-state index contributed by atoms with van der Waals surface area (Å²) in [5.74, 6) is -2.97. The zero-order valence-corrected chi connectivity index (χ0v) is 18.5. The number of fused-ring (bicyclic) bond motifs is 2. The Kier molecular flexibility index (Phi) is 5.39. The first-order valence-electron chi connectivity index (χ1n) is 9.94. The lowest BCUT2D eigenvalue weighted by atomic mass is 9.54. The van der Waals surface area contributed by atoms with Gasteiger partial charge in [0.1, 0.15) is 0 Å². The minimum atomic E-state index is -3.84. The topological polar surface area (TPSA) is 83.5 Å². The van der Waals surface area contributed by atoms with Gasteiger partial charge < -0.3 is 10.4 Å². The Morgan fingerprint density at radius 2 is 1.77 bits per heavy atom. The second-order valence-electron chi connectivity index (χ2n) is 8.67. The Bertz CT molecular complexity index is 1170. The van der Waals surface area contributed by atoms with Crippen molar-refractivity contribution < 1.29 is 27.1 Å². The number of anilines is 1. The SMILES string of the molecule is Cc1cc(Cl)c(S(=O)(=O)C2CC3CC(C2)C3(C)O)cc1C(=O)Nc1ccc(F)c(F)c1. The van der Waals surface area contributed by atoms with Crippen molar-refractivity contribution in [1.29, 1.82) is 0 Å². The van der Waals surface area contributed by atoms with Crippen LogP contribution in [0.15, 0.2) is 35.2 Å². The highest BCUT2D eigenvalue weighted by Gasteiger charge is 2.57. The van der Waals surface area contributed by atoms with Gasteiger partial charge in [0, 0.05) is 17.3 Å². The first-order valence-corrected chi connectivity index (χ1v) is 11.9. The average molecular weight is 470 g/mol. The molecule has 0 heterocycles. The third-order valence-corrected chi connectivity index (χ3v) is 9.40. The number of halogens is 3. The minimum absolute atomic E-state index is 0.0212. The van der Waals surface area contributed by atoms with Gasteiger partial charge in [-0.25, -0.2) is 17.2 Å². The van der Waals surface area contributed by atoms with Gasteiger partial charge in [0.25, 0.3) is 5.91 Å². The zero-order valence-electron chi connectivity index (χ0n) is 17.0. The maximum absolute atomic E-state index is 13.4. The predicted molar refractivity (Wildman–Crippen MR) is 113 cm³/mol. The highest BCUT2D eigenvalue weighted by atomic mass is 35.5. The molecule has 0 radical (unpaired) electrons. The normalized spacial score (nSPS) is 27.5. The summed E-state index contributed by atoms with van der Waals surface area (Å²) in [6.07, 6.45) is 1.49. The number of nitrogens with one attached hydrogen (secondary N) is 1. The Balaban J connectivity index is 1.63. The van der Waals surface area contributed by atoms with Crippen LogP contribution in [0, 0.1) is 30.4 Å². The molecule has 2 aromatic rings. The molecule has 2 N–H and O–H groups in total. The van der Waals surface area contributed by atoms with Crippen LogP contribution in [0.25, 0.3) is 0 Å². The van der Waals surface area contributed by atoms with Crippen LogP contribution in [0.2, 0.25) is 5.02 Å². The molecule has 5 nitrogen and oxygen atoms in total. The van der Waals surface area contributed by atoms with Crippen molar-refractivity contribution in [2.75, 3.05) is 5.32 Å². The molecule has 0 aromatic heterocycles. The molecule has 0 aliphatic heterocycles. The van der Waals surface area contributed by atoms with Crippen molar-refractivity contribution in [2.45, 2.75) is 48.9 Å². The molecule has 2 unspecified atom stereocenters. The van der Waals surface area contributed by atoms with Crippen molar-refractivity contribution in [3.8, 4) is 0 Å². The fourth-order valence-electron chi connectivity index (χ4n) is 4.71. The third kappa shape index (κ3) is 3.75. The van der Waals surface area contributed by atoms with Crippen molar-refractivity contribution >= 4 is 33.0 Å². The quantitative estimate of drug-likeness (QED) is 0.690. The van der Waals surface area contributed by atoms with Crippen LogP contribution in [0.5, 0.6) is 0 Å². The van der Waals surface area contributed by atoms with Crippen molar-refractivity contribution in [2.24, 2.45) is 11.8 Å². The molecule has 0 saturated heterocycles. The summed E-state index contributed by atoms with van der Waals surface area (Å²) in [7, 11) is -3.84. The Morgan fingerprint density at radius 1 is 1.13 bits per heavy atom. The Labute approximate surface area is 184 Å². The van der Waals surface area contributed by atoms with Crippen LogP contribution in [0.3, 0.4) is 0 Å². The fraction of sp³-hybridized carbons (Fsp3) is 0.409. The molecule has 2 atom stereocenters. The molecular weight excluding hydrogens is 448 g/mol. The summed E-state index contributed by atoms with van der Waals surface area (Å²) in [5, 5.41) is 12.2. The minimum Gasteiger partial charge on any atom is -0.390 e. The van der Waals surface area contributed by atoms with Crippen LogP contribution in [0.4, 0.5) is 14.5 Å². The molecule has 9 heteroatoms. The van der Waals surface area contributed by atoms with E-state index in [1.54, 1.807) is 13.8 Å². The van der Waals surface area contributed by atoms with Crippen molar-refractivity contribution in [3.63, 3.8) is 0 Å². The van der Waals surface area contributed by atoms with Gasteiger partial charge in [-0.1, -0.05) is 11.6 Å². The number of benzene rings is 2. The Hall–Kier alpha value is -2.03. The summed E-state index contributed by atoms with van der Waals surface area (Å²) in [4.78, 5) is 12.6. The van der Waals surface area contributed by atoms with Gasteiger partial charge in [0.2, 0.25) is 0 Å². The number of sulfone groups is 1. The smallest absolute Gasteiger partial charge is 0.255 e. The number of rotatable bonds is 4. The van der Waals surface area contributed by atoms with E-state index in [0.717, 1.165) is 18.6 Å². The van der Waals surface area contributed by atoms with E-state index in [0.29, 0.717) is 18.4 Å². The summed E-state index contributed by atoms with van der Waals surface area (Å²) < 4.78 is 53.2. The molecule has 2 aromatic carbocycles. The lowest BCUT2D eigenvalue weighted by Gasteiger charge is -2.56. The molecule has 5 rings (SSSR count). The molecule has 1 amide bonds. The summed E-state index contributed by atoms with van der Waals surface area (Å²) in [6.45, 7) is 3.35. The standard InChI is InChI=1S/C22H22ClF2NO4S/c1-11-5-17(23)20(31(29,30)15-7-12-6-13(8-15)22(12,2)28)10-16(11)21(27)26-14-3-4-18(24)19(25)9-14/h3-5,9-10,12-13,15,28H,6-8H2,1-2H3,(H,26,27). The number of carbonyl (C=O) groups is 1. The third-order valence-electron chi connectivity index (χ3n) is 6.76. The monoisotopic (exact) mass is 469 g/mol. The fourth-order valence-corrected chi connectivity index (χ4v) is 7.20. The number of hydrogen-bond acceptors (Lipinski definition) is 4. The van der Waals surface area contributed by atoms with Gasteiger partial charge in [-0.15, -0.1) is 0 Å². The van der Waals surface area contributed by atoms with Crippen LogP contribution in [-0.2, 0) is 9.84 Å². The van der Waals surface area contributed by atoms with E-state index in [1.165, 1.54) is 18.2 Å². The van der Waals surface area contributed by atoms with Gasteiger partial charge in [-0.2, -0.15) is 0 Å². The van der Waals surface area contributed by atoms with E-state index in [4.69, 9.17) is 11.6 Å². The molecule has 31 heavy (non-hydrogen) atoms. The summed E-state index contributed by atoms with van der Waals surface area (Å²) in [6, 6.07) is 5.59. The van der Waals surface area contributed by atoms with Crippen LogP contribution >= 0.6 is 11.6 Å². The molecule has 3 fully saturated rings. The number of hydrogen-bond donors (Lipinski definition) is 2. The largest absolute Gasteiger partial charge is 0.390 e. The maximum Gasteiger partial charge on any atom is 0.255 e. The molecule has 3 aliphatic carbocycles. The zero-order chi connectivity index (χ0) is 22.7. The molecule has 2 bridgehead atoms. The molecule has 3 saturated carbocycles. The summed E-state index contributed by atoms with van der Waals surface area (Å²) >= 11 is 6.26. The highest BCUT2D eigenvalue weighted by Crippen LogP contribution is 2.55. The first-order chi connectivity index (χ1) is 14.4. The van der Waals surface area contributed by atoms with E-state index in [2.05, 4.69) is 5.32 Å². The number of aliphatic hydroxyl groups is 1. The lowest BCUT2D eigenvalue weighted by Crippen LogP contribution is -2.60. The van der Waals surface area contributed by atoms with E-state index in [9.17, 15) is 27.1 Å². The van der Waals surface area contributed by atoms with Gasteiger partial charge in [0.05, 0.1) is 20.8 Å². The van der Waals surface area contributed by atoms with E-state index in [-0.39, 0.29) is 33.0 Å². The second kappa shape index (κ2) is 7.53. The molecular formula is C22H22ClF2NO4S. The number of aryl methyl sites for hydroxylation is 1. The van der Waals surface area contributed by atoms with Crippen molar-refractivity contribution in [1.82, 2.24) is 0 Å². The molecule has 0 spiro atoms. The van der Waals surface area contributed by atoms with E-state index < -0.39 is 38.2 Å². The first kappa shape index (κ1) is 22.2. The summed E-state index contributed by atoms with van der Waals surface area (Å²) in [5.41, 5.74) is -0.283. The number of amides is 1. The average Bonchev–Trinajstić information content (AvgIpc) is 2.70. The van der Waals surface area contributed by atoms with E-state index >= 15 is 0 Å². The van der Waals surface area contributed by atoms with Crippen LogP contribution in [-0.4, -0.2) is 30.3 Å². The van der Waals surface area contributed by atoms with Crippen LogP contribution in [0.1, 0.15) is 42.1 Å². The second-order valence-corrected chi connectivity index (χ2v) is 11.3. The maximum atomic E-state index is 13.4. The van der Waals surface area contributed by atoms with E-state index in [1.807, 2.05) is 0 Å².